The molecule has 7 heteroatoms. The van der Waals surface area contributed by atoms with Crippen LogP contribution in [0.4, 0.5) is 0 Å². The van der Waals surface area contributed by atoms with Gasteiger partial charge < -0.3 is 19.3 Å². The fourth-order valence-corrected chi connectivity index (χ4v) is 4.49. The van der Waals surface area contributed by atoms with Crippen LogP contribution in [0, 0.1) is 0 Å². The number of rotatable bonds is 24. The lowest BCUT2D eigenvalue weighted by molar-refractivity contribution is -0.161. The predicted octanol–water partition coefficient (Wildman–Crippen LogP) is 7.08. The van der Waals surface area contributed by atoms with Crippen molar-refractivity contribution in [3.63, 3.8) is 0 Å². The maximum absolute atomic E-state index is 12.4. The van der Waals surface area contributed by atoms with E-state index in [4.69, 9.17) is 14.2 Å². The van der Waals surface area contributed by atoms with Crippen LogP contribution in [0.15, 0.2) is 11.6 Å². The van der Waals surface area contributed by atoms with Crippen molar-refractivity contribution >= 4 is 17.9 Å². The zero-order valence-electron chi connectivity index (χ0n) is 23.5. The summed E-state index contributed by atoms with van der Waals surface area (Å²) >= 11 is 0. The third kappa shape index (κ3) is 17.3. The minimum Gasteiger partial charge on any atom is -0.461 e. The van der Waals surface area contributed by atoms with Gasteiger partial charge in [0.2, 0.25) is 6.29 Å². The average Bonchev–Trinajstić information content (AvgIpc) is 3.22. The highest BCUT2D eigenvalue weighted by Gasteiger charge is 2.33. The van der Waals surface area contributed by atoms with Gasteiger partial charge in [0.15, 0.2) is 6.10 Å². The summed E-state index contributed by atoms with van der Waals surface area (Å²) in [5, 5.41) is 10.0. The lowest BCUT2D eigenvalue weighted by Gasteiger charge is -2.20. The Morgan fingerprint density at radius 2 is 1.19 bits per heavy atom. The highest BCUT2D eigenvalue weighted by molar-refractivity contribution is 5.86. The van der Waals surface area contributed by atoms with Crippen molar-refractivity contribution in [3.8, 4) is 0 Å². The van der Waals surface area contributed by atoms with Crippen LogP contribution in [0.25, 0.3) is 0 Å². The molecule has 0 fully saturated rings. The Kier molecular flexibility index (Phi) is 19.8. The molecule has 2 unspecified atom stereocenters. The Balaban J connectivity index is 2.29. The summed E-state index contributed by atoms with van der Waals surface area (Å²) in [6, 6.07) is 0. The Labute approximate surface area is 224 Å². The van der Waals surface area contributed by atoms with Gasteiger partial charge in [-0.1, -0.05) is 117 Å². The van der Waals surface area contributed by atoms with Crippen LogP contribution in [0.1, 0.15) is 142 Å². The second kappa shape index (κ2) is 22.1. The first kappa shape index (κ1) is 33.1. The quantitative estimate of drug-likeness (QED) is 0.0817. The van der Waals surface area contributed by atoms with E-state index in [1.807, 2.05) is 0 Å². The van der Waals surface area contributed by atoms with Gasteiger partial charge in [-0.25, -0.2) is 4.79 Å². The van der Waals surface area contributed by atoms with E-state index in [2.05, 4.69) is 13.8 Å². The maximum Gasteiger partial charge on any atom is 0.333 e. The van der Waals surface area contributed by atoms with Gasteiger partial charge >= 0.3 is 17.9 Å². The molecule has 7 nitrogen and oxygen atoms in total. The number of carbonyl (C=O) groups is 3. The van der Waals surface area contributed by atoms with E-state index in [0.717, 1.165) is 44.6 Å². The topological polar surface area (TPSA) is 99.1 Å². The van der Waals surface area contributed by atoms with E-state index in [9.17, 15) is 19.5 Å². The highest BCUT2D eigenvalue weighted by atomic mass is 16.6. The lowest BCUT2D eigenvalue weighted by atomic mass is 10.1. The van der Waals surface area contributed by atoms with Crippen LogP contribution >= 0.6 is 0 Å². The third-order valence-corrected chi connectivity index (χ3v) is 6.81. The highest BCUT2D eigenvalue weighted by Crippen LogP contribution is 2.21. The first-order chi connectivity index (χ1) is 18.0. The number of hydrogen-bond acceptors (Lipinski definition) is 7. The molecular weight excluding hydrogens is 472 g/mol. The van der Waals surface area contributed by atoms with Gasteiger partial charge in [0.05, 0.1) is 0 Å². The minimum atomic E-state index is -1.49. The van der Waals surface area contributed by atoms with Gasteiger partial charge in [0.1, 0.15) is 6.61 Å². The maximum atomic E-state index is 12.4. The second-order valence-electron chi connectivity index (χ2n) is 10.3. The number of hydrogen-bond donors (Lipinski definition) is 1. The Hall–Kier alpha value is -1.89. The molecule has 2 atom stereocenters. The summed E-state index contributed by atoms with van der Waals surface area (Å²) in [6.07, 6.45) is 19.8. The molecule has 1 heterocycles. The van der Waals surface area contributed by atoms with E-state index in [0.29, 0.717) is 6.42 Å². The van der Waals surface area contributed by atoms with Gasteiger partial charge in [0.25, 0.3) is 0 Å². The minimum absolute atomic E-state index is 0.112. The Morgan fingerprint density at radius 1 is 0.757 bits per heavy atom. The molecule has 0 bridgehead atoms. The van der Waals surface area contributed by atoms with Gasteiger partial charge in [-0.15, -0.1) is 0 Å². The van der Waals surface area contributed by atoms with E-state index >= 15 is 0 Å². The second-order valence-corrected chi connectivity index (χ2v) is 10.3. The molecular formula is C30H52O7. The van der Waals surface area contributed by atoms with Crippen LogP contribution in [0.5, 0.6) is 0 Å². The SMILES string of the molecule is CCCCCCCCCCCC(=O)OCC(OC(=O)CCCCCCCCCCC)C1=CC(=O)OC1O. The predicted molar refractivity (Wildman–Crippen MR) is 145 cm³/mol. The van der Waals surface area contributed by atoms with Crippen molar-refractivity contribution < 1.29 is 33.7 Å². The normalized spacial score (nSPS) is 15.8. The van der Waals surface area contributed by atoms with Gasteiger partial charge in [0, 0.05) is 24.5 Å². The zero-order chi connectivity index (χ0) is 27.1. The van der Waals surface area contributed by atoms with Crippen LogP contribution in [0.3, 0.4) is 0 Å². The molecule has 0 aromatic heterocycles. The molecule has 0 spiro atoms. The van der Waals surface area contributed by atoms with E-state index < -0.39 is 24.3 Å². The number of ether oxygens (including phenoxy) is 3. The standard InChI is InChI=1S/C30H52O7/c1-3-5-7-9-11-13-15-17-19-21-27(31)35-24-26(25-23-29(33)37-30(25)34)36-28(32)22-20-18-16-14-12-10-8-6-4-2/h23,26,30,34H,3-22,24H2,1-2H3. The van der Waals surface area contributed by atoms with Crippen molar-refractivity contribution in [2.75, 3.05) is 6.61 Å². The van der Waals surface area contributed by atoms with Crippen molar-refractivity contribution in [1.29, 1.82) is 0 Å². The molecule has 1 aliphatic heterocycles. The molecule has 37 heavy (non-hydrogen) atoms. The Morgan fingerprint density at radius 3 is 1.62 bits per heavy atom. The monoisotopic (exact) mass is 524 g/mol. The molecule has 214 valence electrons. The number of aliphatic hydroxyl groups excluding tert-OH is 1. The number of unbranched alkanes of at least 4 members (excludes halogenated alkanes) is 16. The summed E-state index contributed by atoms with van der Waals surface area (Å²) in [7, 11) is 0. The summed E-state index contributed by atoms with van der Waals surface area (Å²) < 4.78 is 15.6. The fourth-order valence-electron chi connectivity index (χ4n) is 4.49. The molecule has 0 amide bonds. The summed E-state index contributed by atoms with van der Waals surface area (Å²) in [5.74, 6) is -1.51. The van der Waals surface area contributed by atoms with Crippen molar-refractivity contribution in [2.24, 2.45) is 0 Å². The van der Waals surface area contributed by atoms with Crippen molar-refractivity contribution in [2.45, 2.75) is 155 Å². The smallest absolute Gasteiger partial charge is 0.333 e. The van der Waals surface area contributed by atoms with Crippen LogP contribution in [-0.4, -0.2) is 42.0 Å². The average molecular weight is 525 g/mol. The van der Waals surface area contributed by atoms with Crippen LogP contribution < -0.4 is 0 Å². The molecule has 0 radical (unpaired) electrons. The molecule has 1 rings (SSSR count). The number of carbonyl (C=O) groups excluding carboxylic acids is 3. The number of aliphatic hydroxyl groups is 1. The largest absolute Gasteiger partial charge is 0.461 e. The Bertz CT molecular complexity index is 658. The van der Waals surface area contributed by atoms with Crippen LogP contribution in [0.2, 0.25) is 0 Å². The molecule has 1 N–H and O–H groups in total. The summed E-state index contributed by atoms with van der Waals surface area (Å²) in [6.45, 7) is 4.19. The lowest BCUT2D eigenvalue weighted by Crippen LogP contribution is -2.31. The van der Waals surface area contributed by atoms with E-state index in [-0.39, 0.29) is 24.6 Å². The summed E-state index contributed by atoms with van der Waals surface area (Å²) in [4.78, 5) is 36.2. The van der Waals surface area contributed by atoms with E-state index in [1.165, 1.54) is 77.0 Å². The third-order valence-electron chi connectivity index (χ3n) is 6.81. The first-order valence-corrected chi connectivity index (χ1v) is 14.9. The molecule has 0 aromatic carbocycles. The molecule has 1 aliphatic rings. The molecule has 0 saturated carbocycles. The van der Waals surface area contributed by atoms with Crippen molar-refractivity contribution in [3.05, 3.63) is 11.6 Å². The first-order valence-electron chi connectivity index (χ1n) is 14.9. The van der Waals surface area contributed by atoms with Gasteiger partial charge in [-0.05, 0) is 12.8 Å². The van der Waals surface area contributed by atoms with E-state index in [1.54, 1.807) is 0 Å². The molecule has 0 aliphatic carbocycles. The van der Waals surface area contributed by atoms with Gasteiger partial charge in [-0.2, -0.15) is 0 Å². The molecule has 0 aromatic rings. The fraction of sp³-hybridized carbons (Fsp3) is 0.833. The number of esters is 3. The van der Waals surface area contributed by atoms with Gasteiger partial charge in [-0.3, -0.25) is 9.59 Å². The van der Waals surface area contributed by atoms with Crippen molar-refractivity contribution in [1.82, 2.24) is 0 Å². The number of cyclic esters (lactones) is 1. The van der Waals surface area contributed by atoms with Crippen LogP contribution in [-0.2, 0) is 28.6 Å². The molecule has 0 saturated heterocycles. The summed E-state index contributed by atoms with van der Waals surface area (Å²) in [5.41, 5.74) is 0.112. The zero-order valence-corrected chi connectivity index (χ0v) is 23.5.